The number of likely N-dealkylation sites (N-methyl/N-ethyl adjacent to an activating group) is 1. The molecule has 2 aromatic heterocycles. The number of aromatic nitrogens is 4. The second-order valence-corrected chi connectivity index (χ2v) is 12.8. The maximum Gasteiger partial charge on any atom is 0.229 e. The predicted octanol–water partition coefficient (Wildman–Crippen LogP) is 2.30. The third-order valence-corrected chi connectivity index (χ3v) is 10.2. The van der Waals surface area contributed by atoms with E-state index in [1.807, 2.05) is 4.57 Å². The minimum Gasteiger partial charge on any atom is -0.388 e. The molecule has 2 aromatic rings. The Morgan fingerprint density at radius 3 is 2.58 bits per heavy atom. The lowest BCUT2D eigenvalue weighted by atomic mass is 9.86. The summed E-state index contributed by atoms with van der Waals surface area (Å²) < 4.78 is 1.89. The van der Waals surface area contributed by atoms with Gasteiger partial charge in [-0.2, -0.15) is 9.97 Å². The molecule has 4 N–H and O–H groups in total. The van der Waals surface area contributed by atoms with Crippen LogP contribution in [0.25, 0.3) is 11.2 Å². The molecule has 1 amide bonds. The number of nitrogens with zero attached hydrogens (tertiary/aromatic N) is 6. The number of hydrogen-bond acceptors (Lipinski definition) is 9. The number of amides is 1. The molecule has 3 aliphatic carbocycles. The van der Waals surface area contributed by atoms with Crippen molar-refractivity contribution in [1.82, 2.24) is 29.7 Å². The van der Waals surface area contributed by atoms with Crippen LogP contribution < -0.4 is 15.5 Å². The van der Waals surface area contributed by atoms with Gasteiger partial charge in [0, 0.05) is 31.6 Å². The summed E-state index contributed by atoms with van der Waals surface area (Å²) in [4.78, 5) is 31.4. The summed E-state index contributed by atoms with van der Waals surface area (Å²) in [5.41, 5.74) is 1.36. The Morgan fingerprint density at radius 2 is 1.85 bits per heavy atom. The van der Waals surface area contributed by atoms with Crippen molar-refractivity contribution in [2.24, 2.45) is 11.8 Å². The Labute approximate surface area is 236 Å². The number of hydrogen-bond donors (Lipinski definition) is 4. The van der Waals surface area contributed by atoms with E-state index in [0.717, 1.165) is 37.7 Å². The van der Waals surface area contributed by atoms with Crippen LogP contribution in [0.5, 0.6) is 0 Å². The Hall–Kier alpha value is -2.50. The SMILES string of the molecule is CCC(=O)N[C@H]1C[C@@H](n2cnc3c(N[C@H]4CCC[C@H]4C4CCCC4)nc(N4CC[C@@H](N(C)C)C4)nc32)[C@H](O)[C@@H]1O. The maximum absolute atomic E-state index is 12.1. The summed E-state index contributed by atoms with van der Waals surface area (Å²) >= 11 is 0. The van der Waals surface area contributed by atoms with Gasteiger partial charge in [0.15, 0.2) is 17.0 Å². The molecule has 6 rings (SSSR count). The fourth-order valence-electron chi connectivity index (χ4n) is 7.76. The summed E-state index contributed by atoms with van der Waals surface area (Å²) in [6, 6.07) is -0.158. The third-order valence-electron chi connectivity index (χ3n) is 10.2. The van der Waals surface area contributed by atoms with Crippen molar-refractivity contribution in [3.63, 3.8) is 0 Å². The summed E-state index contributed by atoms with van der Waals surface area (Å²) in [6.45, 7) is 3.52. The Kier molecular flexibility index (Phi) is 7.89. The van der Waals surface area contributed by atoms with E-state index in [1.54, 1.807) is 13.3 Å². The number of aliphatic hydroxyl groups is 2. The smallest absolute Gasteiger partial charge is 0.229 e. The molecule has 0 aromatic carbocycles. The van der Waals surface area contributed by atoms with Gasteiger partial charge in [0.25, 0.3) is 0 Å². The Bertz CT molecular complexity index is 1200. The van der Waals surface area contributed by atoms with Crippen molar-refractivity contribution in [2.45, 2.75) is 108 Å². The maximum atomic E-state index is 12.1. The molecule has 220 valence electrons. The number of carbonyl (C=O) groups is 1. The first-order valence-electron chi connectivity index (χ1n) is 15.4. The summed E-state index contributed by atoms with van der Waals surface area (Å²) in [6.07, 6.45) is 10.4. The number of nitrogens with one attached hydrogen (secondary N) is 2. The largest absolute Gasteiger partial charge is 0.388 e. The third kappa shape index (κ3) is 5.16. The van der Waals surface area contributed by atoms with E-state index in [4.69, 9.17) is 15.0 Å². The van der Waals surface area contributed by atoms with E-state index in [-0.39, 0.29) is 5.91 Å². The second-order valence-electron chi connectivity index (χ2n) is 12.8. The summed E-state index contributed by atoms with van der Waals surface area (Å²) in [7, 11) is 4.23. The van der Waals surface area contributed by atoms with Crippen LogP contribution in [-0.2, 0) is 4.79 Å². The Morgan fingerprint density at radius 1 is 1.05 bits per heavy atom. The van der Waals surface area contributed by atoms with Gasteiger partial charge in [0.1, 0.15) is 12.2 Å². The molecule has 0 bridgehead atoms. The molecule has 0 spiro atoms. The first-order valence-corrected chi connectivity index (χ1v) is 15.4. The van der Waals surface area contributed by atoms with Gasteiger partial charge < -0.3 is 35.2 Å². The van der Waals surface area contributed by atoms with E-state index in [9.17, 15) is 15.0 Å². The number of rotatable bonds is 8. The molecule has 4 fully saturated rings. The number of aliphatic hydroxyl groups excluding tert-OH is 2. The molecule has 1 saturated heterocycles. The highest BCUT2D eigenvalue weighted by Crippen LogP contribution is 2.42. The Balaban J connectivity index is 1.34. The quantitative estimate of drug-likeness (QED) is 0.388. The molecule has 3 saturated carbocycles. The molecular formula is C29H46N8O3. The number of carbonyl (C=O) groups excluding carboxylic acids is 1. The van der Waals surface area contributed by atoms with Crippen LogP contribution in [-0.4, -0.2) is 98.1 Å². The van der Waals surface area contributed by atoms with Gasteiger partial charge in [0.05, 0.1) is 18.4 Å². The van der Waals surface area contributed by atoms with Crippen molar-refractivity contribution in [2.75, 3.05) is 37.4 Å². The lowest BCUT2D eigenvalue weighted by molar-refractivity contribution is -0.122. The molecule has 1 aliphatic heterocycles. The molecule has 3 heterocycles. The van der Waals surface area contributed by atoms with Crippen molar-refractivity contribution in [1.29, 1.82) is 0 Å². The molecule has 40 heavy (non-hydrogen) atoms. The summed E-state index contributed by atoms with van der Waals surface area (Å²) in [5, 5.41) is 28.5. The van der Waals surface area contributed by atoms with Crippen LogP contribution in [0.1, 0.15) is 77.2 Å². The fraction of sp³-hybridized carbons (Fsp3) is 0.793. The average molecular weight is 555 g/mol. The molecule has 11 heteroatoms. The minimum atomic E-state index is -1.05. The molecule has 11 nitrogen and oxygen atoms in total. The van der Waals surface area contributed by atoms with Crippen LogP contribution >= 0.6 is 0 Å². The predicted molar refractivity (Wildman–Crippen MR) is 154 cm³/mol. The zero-order chi connectivity index (χ0) is 28.0. The van der Waals surface area contributed by atoms with Gasteiger partial charge in [-0.05, 0) is 51.6 Å². The highest BCUT2D eigenvalue weighted by molar-refractivity contribution is 5.85. The first kappa shape index (κ1) is 27.7. The summed E-state index contributed by atoms with van der Waals surface area (Å²) in [5.74, 6) is 2.77. The van der Waals surface area contributed by atoms with E-state index in [2.05, 4.69) is 34.5 Å². The first-order chi connectivity index (χ1) is 19.3. The fourth-order valence-corrected chi connectivity index (χ4v) is 7.76. The van der Waals surface area contributed by atoms with Crippen molar-refractivity contribution < 1.29 is 15.0 Å². The normalized spacial score (nSPS) is 33.0. The second kappa shape index (κ2) is 11.4. The zero-order valence-electron chi connectivity index (χ0n) is 24.2. The molecule has 0 unspecified atom stereocenters. The van der Waals surface area contributed by atoms with Crippen LogP contribution in [0.2, 0.25) is 0 Å². The standard InChI is InChI=1S/C29H46N8O3/c1-4-23(38)31-21-14-22(26(40)25(21)39)37-16-30-24-27(32-20-11-7-10-19(20)17-8-5-6-9-17)33-29(34-28(24)37)36-13-12-18(15-36)35(2)3/h16-22,25-26,39-40H,4-15H2,1-3H3,(H,31,38)(H,32,33,34)/t18-,19+,20+,21+,22-,25-,26+/m1/s1. The van der Waals surface area contributed by atoms with Gasteiger partial charge in [-0.3, -0.25) is 4.79 Å². The van der Waals surface area contributed by atoms with Crippen LogP contribution in [0.4, 0.5) is 11.8 Å². The van der Waals surface area contributed by atoms with Crippen molar-refractivity contribution >= 4 is 28.8 Å². The number of fused-ring (bicyclic) bond motifs is 1. The van der Waals surface area contributed by atoms with Gasteiger partial charge in [-0.25, -0.2) is 4.98 Å². The van der Waals surface area contributed by atoms with E-state index in [0.29, 0.717) is 48.0 Å². The van der Waals surface area contributed by atoms with Gasteiger partial charge in [0.2, 0.25) is 11.9 Å². The van der Waals surface area contributed by atoms with Gasteiger partial charge in [-0.1, -0.05) is 39.0 Å². The molecule has 0 radical (unpaired) electrons. The monoisotopic (exact) mass is 554 g/mol. The van der Waals surface area contributed by atoms with Crippen LogP contribution in [0.15, 0.2) is 6.33 Å². The number of imidazole rings is 1. The zero-order valence-corrected chi connectivity index (χ0v) is 24.2. The van der Waals surface area contributed by atoms with Crippen molar-refractivity contribution in [3.05, 3.63) is 6.33 Å². The lowest BCUT2D eigenvalue weighted by Crippen LogP contribution is -2.42. The van der Waals surface area contributed by atoms with Crippen molar-refractivity contribution in [3.8, 4) is 0 Å². The lowest BCUT2D eigenvalue weighted by Gasteiger charge is -2.27. The highest BCUT2D eigenvalue weighted by Gasteiger charge is 2.44. The van der Waals surface area contributed by atoms with Crippen LogP contribution in [0, 0.1) is 11.8 Å². The average Bonchev–Trinajstić information content (AvgIpc) is 3.77. The molecular weight excluding hydrogens is 508 g/mol. The van der Waals surface area contributed by atoms with Gasteiger partial charge >= 0.3 is 0 Å². The van der Waals surface area contributed by atoms with E-state index >= 15 is 0 Å². The van der Waals surface area contributed by atoms with E-state index < -0.39 is 24.3 Å². The minimum absolute atomic E-state index is 0.138. The van der Waals surface area contributed by atoms with E-state index in [1.165, 1.54) is 38.5 Å². The highest BCUT2D eigenvalue weighted by atomic mass is 16.3. The topological polar surface area (TPSA) is 132 Å². The van der Waals surface area contributed by atoms with Gasteiger partial charge in [-0.15, -0.1) is 0 Å². The molecule has 4 aliphatic rings. The molecule has 7 atom stereocenters. The van der Waals surface area contributed by atoms with Crippen LogP contribution in [0.3, 0.4) is 0 Å². The number of anilines is 2.